The van der Waals surface area contributed by atoms with Gasteiger partial charge in [-0.15, -0.1) is 23.5 Å². The Kier molecular flexibility index (Phi) is 8.38. The van der Waals surface area contributed by atoms with Crippen LogP contribution in [0.1, 0.15) is 52.7 Å². The number of thioether (sulfide) groups is 2. The van der Waals surface area contributed by atoms with Gasteiger partial charge < -0.3 is 9.84 Å². The smallest absolute Gasteiger partial charge is 0.425 e. The van der Waals surface area contributed by atoms with Crippen molar-refractivity contribution in [1.82, 2.24) is 9.55 Å². The number of carbonyl (C=O) groups excluding carboxylic acids is 1. The SMILES string of the molecule is CC(C)(C)c1ccc(SC(Cn2ccnc2OC(=O)C(=O)O)Sc2ccc(C(C)(C)C)cc2)cc1. The van der Waals surface area contributed by atoms with Crippen LogP contribution in [0.4, 0.5) is 0 Å². The largest absolute Gasteiger partial charge is 0.473 e. The molecule has 1 heterocycles. The minimum Gasteiger partial charge on any atom is -0.473 e. The van der Waals surface area contributed by atoms with Crippen molar-refractivity contribution in [3.8, 4) is 6.01 Å². The van der Waals surface area contributed by atoms with Crippen LogP contribution >= 0.6 is 23.5 Å². The number of esters is 1. The molecule has 2 aromatic carbocycles. The lowest BCUT2D eigenvalue weighted by molar-refractivity contribution is -0.158. The monoisotopic (exact) mass is 512 g/mol. The summed E-state index contributed by atoms with van der Waals surface area (Å²) in [5.74, 6) is -3.01. The standard InChI is InChI=1S/C27H32N2O4S2/c1-26(2,3)18-7-11-20(12-8-18)34-22(35-21-13-9-19(10-14-21)27(4,5)6)17-29-16-15-28-25(29)33-24(32)23(30)31/h7-16,22H,17H2,1-6H3,(H,30,31). The van der Waals surface area contributed by atoms with E-state index in [1.807, 2.05) is 0 Å². The molecule has 0 aliphatic heterocycles. The fraction of sp³-hybridized carbons (Fsp3) is 0.370. The van der Waals surface area contributed by atoms with Gasteiger partial charge >= 0.3 is 17.9 Å². The maximum absolute atomic E-state index is 11.6. The van der Waals surface area contributed by atoms with Gasteiger partial charge in [0.05, 0.1) is 4.58 Å². The Morgan fingerprint density at radius 2 is 1.34 bits per heavy atom. The minimum absolute atomic E-state index is 0.00690. The Balaban J connectivity index is 1.84. The molecule has 1 N–H and O–H groups in total. The fourth-order valence-corrected chi connectivity index (χ4v) is 5.82. The molecule has 0 unspecified atom stereocenters. The van der Waals surface area contributed by atoms with Crippen LogP contribution in [0.2, 0.25) is 0 Å². The highest BCUT2D eigenvalue weighted by molar-refractivity contribution is 8.17. The number of rotatable bonds is 7. The van der Waals surface area contributed by atoms with Gasteiger partial charge in [-0.2, -0.15) is 0 Å². The van der Waals surface area contributed by atoms with Crippen molar-refractivity contribution in [1.29, 1.82) is 0 Å². The van der Waals surface area contributed by atoms with Crippen LogP contribution < -0.4 is 4.74 Å². The number of aromatic nitrogens is 2. The van der Waals surface area contributed by atoms with Crippen LogP contribution in [0.5, 0.6) is 6.01 Å². The highest BCUT2D eigenvalue weighted by Crippen LogP contribution is 2.38. The highest BCUT2D eigenvalue weighted by atomic mass is 32.2. The van der Waals surface area contributed by atoms with Crippen LogP contribution in [0.15, 0.2) is 70.7 Å². The van der Waals surface area contributed by atoms with Gasteiger partial charge in [0.1, 0.15) is 0 Å². The molecule has 0 saturated heterocycles. The molecule has 0 bridgehead atoms. The van der Waals surface area contributed by atoms with Crippen molar-refractivity contribution < 1.29 is 19.4 Å². The second kappa shape index (κ2) is 10.9. The second-order valence-corrected chi connectivity index (χ2v) is 13.1. The van der Waals surface area contributed by atoms with Crippen LogP contribution in [0.3, 0.4) is 0 Å². The second-order valence-electron chi connectivity index (χ2n) is 10.3. The van der Waals surface area contributed by atoms with Crippen molar-refractivity contribution in [2.45, 2.75) is 73.3 Å². The van der Waals surface area contributed by atoms with Crippen LogP contribution in [0, 0.1) is 0 Å². The molecule has 8 heteroatoms. The van der Waals surface area contributed by atoms with Crippen LogP contribution in [-0.4, -0.2) is 31.2 Å². The molecule has 0 aliphatic carbocycles. The molecule has 0 amide bonds. The van der Waals surface area contributed by atoms with Crippen molar-refractivity contribution in [2.24, 2.45) is 0 Å². The first-order valence-corrected chi connectivity index (χ1v) is 13.1. The lowest BCUT2D eigenvalue weighted by Gasteiger charge is -2.22. The molecule has 35 heavy (non-hydrogen) atoms. The Morgan fingerprint density at radius 1 is 0.886 bits per heavy atom. The highest BCUT2D eigenvalue weighted by Gasteiger charge is 2.21. The van der Waals surface area contributed by atoms with Crippen molar-refractivity contribution >= 4 is 35.5 Å². The summed E-state index contributed by atoms with van der Waals surface area (Å²) in [7, 11) is 0. The summed E-state index contributed by atoms with van der Waals surface area (Å²) < 4.78 is 6.62. The van der Waals surface area contributed by atoms with Gasteiger partial charge in [0.15, 0.2) is 0 Å². The summed E-state index contributed by atoms with van der Waals surface area (Å²) in [6.45, 7) is 13.6. The van der Waals surface area contributed by atoms with Gasteiger partial charge in [-0.05, 0) is 46.2 Å². The minimum atomic E-state index is -1.65. The number of imidazole rings is 1. The van der Waals surface area contributed by atoms with Crippen molar-refractivity contribution in [2.75, 3.05) is 0 Å². The average Bonchev–Trinajstić information content (AvgIpc) is 3.19. The molecule has 0 atom stereocenters. The summed E-state index contributed by atoms with van der Waals surface area (Å²) in [5.41, 5.74) is 2.68. The van der Waals surface area contributed by atoms with Gasteiger partial charge in [0.2, 0.25) is 0 Å². The maximum Gasteiger partial charge on any atom is 0.425 e. The van der Waals surface area contributed by atoms with E-state index in [0.29, 0.717) is 6.54 Å². The number of hydrogen-bond acceptors (Lipinski definition) is 6. The lowest BCUT2D eigenvalue weighted by atomic mass is 9.87. The van der Waals surface area contributed by atoms with E-state index in [0.717, 1.165) is 9.79 Å². The first-order valence-electron chi connectivity index (χ1n) is 11.3. The zero-order valence-electron chi connectivity index (χ0n) is 20.9. The Hall–Kier alpha value is -2.71. The molecule has 186 valence electrons. The number of nitrogens with zero attached hydrogens (tertiary/aromatic N) is 2. The third kappa shape index (κ3) is 7.64. The van der Waals surface area contributed by atoms with E-state index in [9.17, 15) is 9.59 Å². The summed E-state index contributed by atoms with van der Waals surface area (Å²) in [4.78, 5) is 28.7. The van der Waals surface area contributed by atoms with E-state index in [-0.39, 0.29) is 21.4 Å². The normalized spacial score (nSPS) is 12.1. The van der Waals surface area contributed by atoms with E-state index in [4.69, 9.17) is 9.84 Å². The summed E-state index contributed by atoms with van der Waals surface area (Å²) in [6.07, 6.45) is 3.18. The maximum atomic E-state index is 11.6. The number of benzene rings is 2. The Labute approximate surface area is 215 Å². The molecule has 3 rings (SSSR count). The van der Waals surface area contributed by atoms with Gasteiger partial charge in [-0.3, -0.25) is 4.57 Å². The van der Waals surface area contributed by atoms with E-state index in [1.165, 1.54) is 17.3 Å². The van der Waals surface area contributed by atoms with Gasteiger partial charge in [-0.1, -0.05) is 65.8 Å². The van der Waals surface area contributed by atoms with E-state index in [1.54, 1.807) is 34.3 Å². The molecular weight excluding hydrogens is 480 g/mol. The first-order chi connectivity index (χ1) is 16.3. The molecule has 6 nitrogen and oxygen atoms in total. The van der Waals surface area contributed by atoms with E-state index >= 15 is 0 Å². The molecule has 0 saturated carbocycles. The summed E-state index contributed by atoms with van der Waals surface area (Å²) in [5, 5.41) is 8.88. The molecule has 1 aromatic heterocycles. The third-order valence-corrected chi connectivity index (χ3v) is 7.85. The fourth-order valence-electron chi connectivity index (χ4n) is 3.30. The zero-order chi connectivity index (χ0) is 25.8. The predicted molar refractivity (Wildman–Crippen MR) is 141 cm³/mol. The van der Waals surface area contributed by atoms with Crippen LogP contribution in [0.25, 0.3) is 0 Å². The Morgan fingerprint density at radius 3 is 1.74 bits per heavy atom. The molecule has 0 aliphatic rings. The average molecular weight is 513 g/mol. The molecule has 3 aromatic rings. The number of aliphatic carboxylic acids is 1. The van der Waals surface area contributed by atoms with Crippen molar-refractivity contribution in [3.05, 3.63) is 72.1 Å². The predicted octanol–water partition coefficient (Wildman–Crippen LogP) is 6.38. The number of carbonyl (C=O) groups is 2. The molecular formula is C27H32N2O4S2. The first kappa shape index (κ1) is 26.9. The van der Waals surface area contributed by atoms with Gasteiger partial charge in [0, 0.05) is 28.7 Å². The number of carboxylic acid groups (broad SMARTS) is 1. The Bertz CT molecular complexity index is 1100. The quantitative estimate of drug-likeness (QED) is 0.170. The number of carboxylic acids is 1. The summed E-state index contributed by atoms with van der Waals surface area (Å²) >= 11 is 3.40. The lowest BCUT2D eigenvalue weighted by Crippen LogP contribution is -2.22. The van der Waals surface area contributed by atoms with Gasteiger partial charge in [0.25, 0.3) is 0 Å². The zero-order valence-corrected chi connectivity index (χ0v) is 22.6. The van der Waals surface area contributed by atoms with E-state index < -0.39 is 11.9 Å². The van der Waals surface area contributed by atoms with E-state index in [2.05, 4.69) is 95.1 Å². The van der Waals surface area contributed by atoms with Gasteiger partial charge in [-0.25, -0.2) is 14.6 Å². The summed E-state index contributed by atoms with van der Waals surface area (Å²) in [6, 6.07) is 17.1. The molecule has 0 radical (unpaired) electrons. The van der Waals surface area contributed by atoms with Crippen molar-refractivity contribution in [3.63, 3.8) is 0 Å². The number of hydrogen-bond donors (Lipinski definition) is 1. The molecule has 0 fully saturated rings. The molecule has 0 spiro atoms. The topological polar surface area (TPSA) is 81.4 Å². The third-order valence-electron chi connectivity index (χ3n) is 5.36. The number of ether oxygens (including phenoxy) is 1. The van der Waals surface area contributed by atoms with Crippen LogP contribution in [-0.2, 0) is 27.0 Å².